The van der Waals surface area contributed by atoms with Gasteiger partial charge in [0.1, 0.15) is 6.07 Å². The van der Waals surface area contributed by atoms with Crippen molar-refractivity contribution in [2.45, 2.75) is 92.9 Å². The summed E-state index contributed by atoms with van der Waals surface area (Å²) in [5, 5.41) is 20.3. The molecule has 9 unspecified atom stereocenters. The minimum absolute atomic E-state index is 0.0349. The molecule has 34 heavy (non-hydrogen) atoms. The molecule has 0 saturated heterocycles. The van der Waals surface area contributed by atoms with Crippen molar-refractivity contribution in [1.29, 1.82) is 10.5 Å². The molecule has 5 aliphatic carbocycles. The zero-order valence-electron chi connectivity index (χ0n) is 22.1. The standard InChI is InChI=1S/C31H42N2O/c1-19(2)21-10-13-31(18-33)15-14-29(6)22(25(21)31)8-9-24-28(5)16-20(17-32)26(34)27(3,4)23(28)11-12-30(24,29)7/h16,21-25H,1,8-15H2,2-7H3. The fraction of sp³-hybridized carbons (Fsp3) is 0.774. The van der Waals surface area contributed by atoms with E-state index in [2.05, 4.69) is 66.3 Å². The minimum atomic E-state index is -0.493. The summed E-state index contributed by atoms with van der Waals surface area (Å²) in [6, 6.07) is 5.12. The van der Waals surface area contributed by atoms with Gasteiger partial charge in [0.25, 0.3) is 0 Å². The van der Waals surface area contributed by atoms with E-state index < -0.39 is 5.41 Å². The summed E-state index contributed by atoms with van der Waals surface area (Å²) < 4.78 is 0. The lowest BCUT2D eigenvalue weighted by molar-refractivity contribution is -0.213. The SMILES string of the molecule is C=C(C)C1CCC2(C#N)CCC3(C)C(CCC4C5(C)C=C(C#N)C(=O)C(C)(C)C5CCC43C)C12. The van der Waals surface area contributed by atoms with Crippen LogP contribution in [-0.2, 0) is 4.79 Å². The van der Waals surface area contributed by atoms with Crippen LogP contribution in [0, 0.1) is 79.3 Å². The summed E-state index contributed by atoms with van der Waals surface area (Å²) in [5.41, 5.74) is 1.14. The van der Waals surface area contributed by atoms with E-state index >= 15 is 0 Å². The number of allylic oxidation sites excluding steroid dienone is 3. The smallest absolute Gasteiger partial charge is 0.178 e. The molecule has 182 valence electrons. The van der Waals surface area contributed by atoms with Crippen LogP contribution in [0.4, 0.5) is 0 Å². The Balaban J connectivity index is 1.62. The van der Waals surface area contributed by atoms with Gasteiger partial charge in [-0.15, -0.1) is 0 Å². The Hall–Kier alpha value is -1.87. The molecular formula is C31H42N2O. The third-order valence-electron chi connectivity index (χ3n) is 12.7. The predicted octanol–water partition coefficient (Wildman–Crippen LogP) is 7.41. The molecule has 3 heteroatoms. The van der Waals surface area contributed by atoms with E-state index in [4.69, 9.17) is 0 Å². The van der Waals surface area contributed by atoms with E-state index in [-0.39, 0.29) is 33.4 Å². The van der Waals surface area contributed by atoms with Crippen molar-refractivity contribution in [1.82, 2.24) is 0 Å². The summed E-state index contributed by atoms with van der Waals surface area (Å²) in [6.07, 6.45) is 10.8. The second-order valence-electron chi connectivity index (χ2n) is 14.0. The van der Waals surface area contributed by atoms with E-state index in [0.717, 1.165) is 51.4 Å². The first-order chi connectivity index (χ1) is 15.8. The molecule has 0 aliphatic heterocycles. The van der Waals surface area contributed by atoms with Gasteiger partial charge in [-0.1, -0.05) is 52.8 Å². The molecule has 5 aliphatic rings. The van der Waals surface area contributed by atoms with Crippen molar-refractivity contribution >= 4 is 5.78 Å². The Morgan fingerprint density at radius 1 is 0.941 bits per heavy atom. The van der Waals surface area contributed by atoms with Crippen molar-refractivity contribution in [3.63, 3.8) is 0 Å². The van der Waals surface area contributed by atoms with Crippen LogP contribution in [-0.4, -0.2) is 5.78 Å². The van der Waals surface area contributed by atoms with Crippen LogP contribution < -0.4 is 0 Å². The zero-order valence-corrected chi connectivity index (χ0v) is 22.1. The van der Waals surface area contributed by atoms with E-state index in [1.807, 2.05) is 0 Å². The fourth-order valence-electron chi connectivity index (χ4n) is 10.9. The highest BCUT2D eigenvalue weighted by molar-refractivity contribution is 6.04. The molecule has 0 aromatic heterocycles. The Kier molecular flexibility index (Phi) is 4.97. The van der Waals surface area contributed by atoms with Gasteiger partial charge >= 0.3 is 0 Å². The van der Waals surface area contributed by atoms with Crippen LogP contribution in [0.15, 0.2) is 23.8 Å². The van der Waals surface area contributed by atoms with Crippen LogP contribution in [0.25, 0.3) is 0 Å². The van der Waals surface area contributed by atoms with E-state index in [1.165, 1.54) is 5.57 Å². The molecule has 0 bridgehead atoms. The molecule has 0 aromatic carbocycles. The Morgan fingerprint density at radius 3 is 2.26 bits per heavy atom. The molecule has 0 amide bonds. The van der Waals surface area contributed by atoms with Crippen molar-refractivity contribution in [3.05, 3.63) is 23.8 Å². The lowest BCUT2D eigenvalue weighted by Gasteiger charge is -2.71. The number of hydrogen-bond acceptors (Lipinski definition) is 3. The van der Waals surface area contributed by atoms with Crippen LogP contribution >= 0.6 is 0 Å². The first-order valence-corrected chi connectivity index (χ1v) is 13.6. The predicted molar refractivity (Wildman–Crippen MR) is 134 cm³/mol. The van der Waals surface area contributed by atoms with E-state index in [9.17, 15) is 15.3 Å². The van der Waals surface area contributed by atoms with Gasteiger partial charge in [0.2, 0.25) is 0 Å². The number of nitriles is 2. The molecule has 3 nitrogen and oxygen atoms in total. The van der Waals surface area contributed by atoms with Gasteiger partial charge < -0.3 is 0 Å². The molecule has 4 saturated carbocycles. The topological polar surface area (TPSA) is 64.7 Å². The monoisotopic (exact) mass is 458 g/mol. The van der Waals surface area contributed by atoms with Gasteiger partial charge in [-0.05, 0) is 104 Å². The number of rotatable bonds is 1. The average molecular weight is 459 g/mol. The fourth-order valence-corrected chi connectivity index (χ4v) is 10.9. The molecular weight excluding hydrogens is 416 g/mol. The number of carbonyl (C=O) groups is 1. The van der Waals surface area contributed by atoms with Gasteiger partial charge in [-0.2, -0.15) is 10.5 Å². The van der Waals surface area contributed by atoms with Crippen molar-refractivity contribution in [3.8, 4) is 12.1 Å². The molecule has 0 heterocycles. The molecule has 5 rings (SSSR count). The van der Waals surface area contributed by atoms with Gasteiger partial charge in [0, 0.05) is 5.41 Å². The Bertz CT molecular complexity index is 1070. The van der Waals surface area contributed by atoms with Gasteiger partial charge in [0.15, 0.2) is 5.78 Å². The highest BCUT2D eigenvalue weighted by Crippen LogP contribution is 2.76. The highest BCUT2D eigenvalue weighted by Gasteiger charge is 2.71. The second kappa shape index (κ2) is 7.09. The first kappa shape index (κ1) is 23.9. The van der Waals surface area contributed by atoms with Crippen LogP contribution in [0.1, 0.15) is 92.9 Å². The average Bonchev–Trinajstić information content (AvgIpc) is 3.17. The number of nitrogens with zero attached hydrogens (tertiary/aromatic N) is 2. The molecule has 0 N–H and O–H groups in total. The van der Waals surface area contributed by atoms with Gasteiger partial charge in [0.05, 0.1) is 17.1 Å². The molecule has 0 aromatic rings. The molecule has 0 radical (unpaired) electrons. The van der Waals surface area contributed by atoms with E-state index in [1.54, 1.807) is 0 Å². The molecule has 4 fully saturated rings. The summed E-state index contributed by atoms with van der Waals surface area (Å²) in [6.45, 7) is 18.2. The zero-order chi connectivity index (χ0) is 24.9. The summed E-state index contributed by atoms with van der Waals surface area (Å²) in [4.78, 5) is 13.2. The van der Waals surface area contributed by atoms with Crippen molar-refractivity contribution in [2.24, 2.45) is 56.7 Å². The van der Waals surface area contributed by atoms with Gasteiger partial charge in [-0.25, -0.2) is 0 Å². The Morgan fingerprint density at radius 2 is 1.65 bits per heavy atom. The van der Waals surface area contributed by atoms with Crippen LogP contribution in [0.5, 0.6) is 0 Å². The lowest BCUT2D eigenvalue weighted by Crippen LogP contribution is -2.65. The first-order valence-electron chi connectivity index (χ1n) is 13.6. The normalized spacial score (nSPS) is 51.0. The highest BCUT2D eigenvalue weighted by atomic mass is 16.1. The second-order valence-corrected chi connectivity index (χ2v) is 14.0. The molecule has 9 atom stereocenters. The van der Waals surface area contributed by atoms with Crippen LogP contribution in [0.2, 0.25) is 0 Å². The maximum Gasteiger partial charge on any atom is 0.178 e. The maximum atomic E-state index is 13.2. The summed E-state index contributed by atoms with van der Waals surface area (Å²) >= 11 is 0. The third-order valence-corrected chi connectivity index (χ3v) is 12.7. The van der Waals surface area contributed by atoms with Gasteiger partial charge in [-0.3, -0.25) is 4.79 Å². The number of ketones is 1. The van der Waals surface area contributed by atoms with Crippen LogP contribution in [0.3, 0.4) is 0 Å². The number of Topliss-reactive ketones (excluding diaryl/α,β-unsaturated/α-hetero) is 1. The quantitative estimate of drug-likeness (QED) is 0.384. The molecule has 0 spiro atoms. The third kappa shape index (κ3) is 2.60. The number of fused-ring (bicyclic) bond motifs is 7. The van der Waals surface area contributed by atoms with Crippen molar-refractivity contribution < 1.29 is 4.79 Å². The number of carbonyl (C=O) groups excluding carboxylic acids is 1. The maximum absolute atomic E-state index is 13.2. The van der Waals surface area contributed by atoms with Crippen molar-refractivity contribution in [2.75, 3.05) is 0 Å². The summed E-state index contributed by atoms with van der Waals surface area (Å²) in [5.74, 6) is 2.20. The lowest BCUT2D eigenvalue weighted by atomic mass is 9.33. The largest absolute Gasteiger partial charge is 0.293 e. The minimum Gasteiger partial charge on any atom is -0.293 e. The number of hydrogen-bond donors (Lipinski definition) is 0. The van der Waals surface area contributed by atoms with E-state index in [0.29, 0.717) is 29.2 Å². The Labute approximate surface area is 206 Å². The summed E-state index contributed by atoms with van der Waals surface area (Å²) in [7, 11) is 0.